The lowest BCUT2D eigenvalue weighted by atomic mass is 10.1. The van der Waals surface area contributed by atoms with Crippen LogP contribution in [0.2, 0.25) is 0 Å². The lowest BCUT2D eigenvalue weighted by Crippen LogP contribution is -2.48. The van der Waals surface area contributed by atoms with Gasteiger partial charge < -0.3 is 20.4 Å². The van der Waals surface area contributed by atoms with E-state index in [0.29, 0.717) is 12.5 Å². The molecule has 26 heavy (non-hydrogen) atoms. The third kappa shape index (κ3) is 8.68. The normalized spacial score (nSPS) is 17.4. The van der Waals surface area contributed by atoms with E-state index in [4.69, 9.17) is 4.99 Å². The van der Waals surface area contributed by atoms with Gasteiger partial charge in [0.1, 0.15) is 0 Å². The summed E-state index contributed by atoms with van der Waals surface area (Å²) in [7, 11) is 0. The number of nitrogens with one attached hydrogen (secondary N) is 2. The summed E-state index contributed by atoms with van der Waals surface area (Å²) in [6.07, 6.45) is 0. The Kier molecular flexibility index (Phi) is 11.9. The number of guanidine groups is 1. The highest BCUT2D eigenvalue weighted by Gasteiger charge is 2.17. The first-order chi connectivity index (χ1) is 12.2. The number of benzene rings is 1. The number of aliphatic imine (C=N–C) groups is 1. The number of halogens is 1. The third-order valence-corrected chi connectivity index (χ3v) is 4.71. The Bertz CT molecular complexity index is 500. The highest BCUT2D eigenvalue weighted by atomic mass is 127. The van der Waals surface area contributed by atoms with Gasteiger partial charge in [0.25, 0.3) is 0 Å². The molecule has 1 atom stereocenters. The van der Waals surface area contributed by atoms with Crippen LogP contribution in [0.25, 0.3) is 0 Å². The monoisotopic (exact) mass is 473 g/mol. The number of hydrogen-bond acceptors (Lipinski definition) is 3. The summed E-state index contributed by atoms with van der Waals surface area (Å²) < 4.78 is 0. The zero-order valence-electron chi connectivity index (χ0n) is 16.6. The molecule has 0 bridgehead atoms. The molecule has 1 unspecified atom stereocenters. The topological polar surface area (TPSA) is 42.9 Å². The fourth-order valence-corrected chi connectivity index (χ4v) is 3.16. The lowest BCUT2D eigenvalue weighted by molar-refractivity contribution is 0.124. The van der Waals surface area contributed by atoms with Crippen LogP contribution >= 0.6 is 24.0 Å². The van der Waals surface area contributed by atoms with E-state index >= 15 is 0 Å². The van der Waals surface area contributed by atoms with Crippen LogP contribution in [-0.2, 0) is 6.54 Å². The van der Waals surface area contributed by atoms with E-state index < -0.39 is 0 Å². The second-order valence-electron chi connectivity index (χ2n) is 6.90. The van der Waals surface area contributed by atoms with Crippen molar-refractivity contribution in [3.63, 3.8) is 0 Å². The van der Waals surface area contributed by atoms with Crippen LogP contribution in [0.15, 0.2) is 35.3 Å². The Morgan fingerprint density at radius 1 is 1.04 bits per heavy atom. The first-order valence-corrected chi connectivity index (χ1v) is 9.72. The predicted octanol–water partition coefficient (Wildman–Crippen LogP) is 2.63. The van der Waals surface area contributed by atoms with Crippen LogP contribution in [0, 0.1) is 5.92 Å². The highest BCUT2D eigenvalue weighted by molar-refractivity contribution is 14.0. The van der Waals surface area contributed by atoms with Crippen LogP contribution in [0.3, 0.4) is 0 Å². The van der Waals surface area contributed by atoms with Gasteiger partial charge in [0, 0.05) is 45.8 Å². The first kappa shape index (κ1) is 23.2. The molecule has 1 heterocycles. The summed E-state index contributed by atoms with van der Waals surface area (Å²) in [5, 5.41) is 6.85. The van der Waals surface area contributed by atoms with E-state index in [1.165, 1.54) is 38.3 Å². The molecular weight excluding hydrogens is 437 g/mol. The Hall–Kier alpha value is -0.860. The molecule has 0 aromatic heterocycles. The summed E-state index contributed by atoms with van der Waals surface area (Å²) in [6.45, 7) is 16.4. The number of hydrogen-bond donors (Lipinski definition) is 2. The molecule has 0 aliphatic carbocycles. The quantitative estimate of drug-likeness (QED) is 0.346. The van der Waals surface area contributed by atoms with E-state index in [0.717, 1.165) is 25.6 Å². The van der Waals surface area contributed by atoms with Gasteiger partial charge >= 0.3 is 0 Å². The minimum absolute atomic E-state index is 0. The van der Waals surface area contributed by atoms with Crippen molar-refractivity contribution in [2.45, 2.75) is 27.3 Å². The molecule has 5 nitrogen and oxygen atoms in total. The molecule has 2 rings (SSSR count). The molecule has 6 heteroatoms. The SMILES string of the molecule is CCNC(=NCc1ccccc1)NCC(C)CN1CCN(CC)CC1.I. The van der Waals surface area contributed by atoms with Gasteiger partial charge in [-0.25, -0.2) is 4.99 Å². The van der Waals surface area contributed by atoms with Crippen molar-refractivity contribution in [1.82, 2.24) is 20.4 Å². The van der Waals surface area contributed by atoms with E-state index in [1.54, 1.807) is 0 Å². The minimum Gasteiger partial charge on any atom is -0.357 e. The van der Waals surface area contributed by atoms with E-state index in [2.05, 4.69) is 65.5 Å². The van der Waals surface area contributed by atoms with Gasteiger partial charge in [-0.05, 0) is 24.9 Å². The van der Waals surface area contributed by atoms with Crippen molar-refractivity contribution in [1.29, 1.82) is 0 Å². The maximum atomic E-state index is 4.70. The van der Waals surface area contributed by atoms with Crippen molar-refractivity contribution in [3.8, 4) is 0 Å². The van der Waals surface area contributed by atoms with Crippen LogP contribution in [0.1, 0.15) is 26.3 Å². The average molecular weight is 473 g/mol. The fraction of sp³-hybridized carbons (Fsp3) is 0.650. The zero-order chi connectivity index (χ0) is 17.9. The molecule has 1 aliphatic heterocycles. The van der Waals surface area contributed by atoms with Crippen LogP contribution in [-0.4, -0.2) is 68.1 Å². The maximum absolute atomic E-state index is 4.70. The van der Waals surface area contributed by atoms with E-state index in [1.807, 2.05) is 6.07 Å². The van der Waals surface area contributed by atoms with Crippen molar-refractivity contribution < 1.29 is 0 Å². The Morgan fingerprint density at radius 3 is 2.31 bits per heavy atom. The van der Waals surface area contributed by atoms with Crippen molar-refractivity contribution in [2.75, 3.05) is 52.4 Å². The smallest absolute Gasteiger partial charge is 0.191 e. The Balaban J connectivity index is 0.00000338. The molecule has 148 valence electrons. The molecule has 1 aromatic rings. The molecular formula is C20H36IN5. The summed E-state index contributed by atoms with van der Waals surface area (Å²) in [6, 6.07) is 10.4. The Labute approximate surface area is 176 Å². The summed E-state index contributed by atoms with van der Waals surface area (Å²) in [5.74, 6) is 1.52. The van der Waals surface area contributed by atoms with Gasteiger partial charge in [0.15, 0.2) is 5.96 Å². The van der Waals surface area contributed by atoms with Gasteiger partial charge in [0.2, 0.25) is 0 Å². The van der Waals surface area contributed by atoms with Crippen molar-refractivity contribution in [2.24, 2.45) is 10.9 Å². The summed E-state index contributed by atoms with van der Waals surface area (Å²) >= 11 is 0. The molecule has 0 radical (unpaired) electrons. The van der Waals surface area contributed by atoms with E-state index in [9.17, 15) is 0 Å². The molecule has 0 spiro atoms. The fourth-order valence-electron chi connectivity index (χ4n) is 3.16. The molecule has 1 fully saturated rings. The summed E-state index contributed by atoms with van der Waals surface area (Å²) in [4.78, 5) is 9.81. The third-order valence-electron chi connectivity index (χ3n) is 4.71. The number of piperazine rings is 1. The minimum atomic E-state index is 0. The number of rotatable bonds is 8. The first-order valence-electron chi connectivity index (χ1n) is 9.72. The molecule has 2 N–H and O–H groups in total. The molecule has 0 saturated carbocycles. The second-order valence-corrected chi connectivity index (χ2v) is 6.90. The van der Waals surface area contributed by atoms with Gasteiger partial charge in [-0.15, -0.1) is 24.0 Å². The molecule has 1 saturated heterocycles. The second kappa shape index (κ2) is 13.3. The van der Waals surface area contributed by atoms with Crippen molar-refractivity contribution in [3.05, 3.63) is 35.9 Å². The largest absolute Gasteiger partial charge is 0.357 e. The van der Waals surface area contributed by atoms with Crippen LogP contribution in [0.4, 0.5) is 0 Å². The number of likely N-dealkylation sites (N-methyl/N-ethyl adjacent to an activating group) is 1. The van der Waals surface area contributed by atoms with Crippen LogP contribution in [0.5, 0.6) is 0 Å². The van der Waals surface area contributed by atoms with Crippen LogP contribution < -0.4 is 10.6 Å². The molecule has 0 amide bonds. The maximum Gasteiger partial charge on any atom is 0.191 e. The van der Waals surface area contributed by atoms with Gasteiger partial charge in [-0.3, -0.25) is 0 Å². The van der Waals surface area contributed by atoms with Gasteiger partial charge in [-0.2, -0.15) is 0 Å². The Morgan fingerprint density at radius 2 is 1.69 bits per heavy atom. The number of nitrogens with zero attached hydrogens (tertiary/aromatic N) is 3. The standard InChI is InChI=1S/C20H35N5.HI/c1-4-21-20(23-16-19-9-7-6-8-10-19)22-15-18(3)17-25-13-11-24(5-2)12-14-25;/h6-10,18H,4-5,11-17H2,1-3H3,(H2,21,22,23);1H. The highest BCUT2D eigenvalue weighted by Crippen LogP contribution is 2.05. The van der Waals surface area contributed by atoms with Gasteiger partial charge in [-0.1, -0.05) is 44.2 Å². The molecule has 1 aromatic carbocycles. The van der Waals surface area contributed by atoms with Crippen molar-refractivity contribution >= 4 is 29.9 Å². The molecule has 1 aliphatic rings. The zero-order valence-corrected chi connectivity index (χ0v) is 18.9. The van der Waals surface area contributed by atoms with Gasteiger partial charge in [0.05, 0.1) is 6.54 Å². The summed E-state index contributed by atoms with van der Waals surface area (Å²) in [5.41, 5.74) is 1.24. The van der Waals surface area contributed by atoms with E-state index in [-0.39, 0.29) is 24.0 Å². The lowest BCUT2D eigenvalue weighted by Gasteiger charge is -2.35. The average Bonchev–Trinajstić information content (AvgIpc) is 2.65. The predicted molar refractivity (Wildman–Crippen MR) is 122 cm³/mol.